The summed E-state index contributed by atoms with van der Waals surface area (Å²) in [6.07, 6.45) is 8.15. The van der Waals surface area contributed by atoms with E-state index in [0.29, 0.717) is 5.04 Å². The Morgan fingerprint density at radius 2 is 1.75 bits per heavy atom. The van der Waals surface area contributed by atoms with Crippen LogP contribution in [0.2, 0.25) is 18.1 Å². The van der Waals surface area contributed by atoms with Crippen LogP contribution in [0, 0.1) is 0 Å². The lowest BCUT2D eigenvalue weighted by molar-refractivity contribution is 0.279. The summed E-state index contributed by atoms with van der Waals surface area (Å²) in [4.78, 5) is 0. The topological polar surface area (TPSA) is 9.23 Å². The second kappa shape index (κ2) is 7.87. The van der Waals surface area contributed by atoms with Crippen LogP contribution in [0.15, 0.2) is 12.2 Å². The summed E-state index contributed by atoms with van der Waals surface area (Å²) < 4.78 is 7.24. The first-order valence-corrected chi connectivity index (χ1v) is 10.6. The van der Waals surface area contributed by atoms with Crippen molar-refractivity contribution in [3.05, 3.63) is 12.2 Å². The highest BCUT2D eigenvalue weighted by molar-refractivity contribution is 14.1. The molecule has 0 aromatic carbocycles. The fraction of sp³-hybridized carbons (Fsp3) is 0.846. The highest BCUT2D eigenvalue weighted by Crippen LogP contribution is 2.36. The van der Waals surface area contributed by atoms with Crippen molar-refractivity contribution in [1.29, 1.82) is 0 Å². The molecule has 96 valence electrons. The van der Waals surface area contributed by atoms with E-state index in [9.17, 15) is 0 Å². The molecule has 3 heteroatoms. The SMILES string of the molecule is CC(C)(C)[Si](C)(C)OCCCC/C=C/CI. The van der Waals surface area contributed by atoms with E-state index in [1.807, 2.05) is 0 Å². The number of alkyl halides is 1. The molecule has 0 saturated heterocycles. The van der Waals surface area contributed by atoms with Crippen molar-refractivity contribution in [3.8, 4) is 0 Å². The number of unbranched alkanes of at least 4 members (excludes halogenated alkanes) is 2. The van der Waals surface area contributed by atoms with Crippen LogP contribution in [0.25, 0.3) is 0 Å². The van der Waals surface area contributed by atoms with Gasteiger partial charge in [0.15, 0.2) is 8.32 Å². The van der Waals surface area contributed by atoms with Gasteiger partial charge in [-0.15, -0.1) is 0 Å². The summed E-state index contributed by atoms with van der Waals surface area (Å²) >= 11 is 2.37. The summed E-state index contributed by atoms with van der Waals surface area (Å²) in [6, 6.07) is 0. The van der Waals surface area contributed by atoms with Gasteiger partial charge in [0.1, 0.15) is 0 Å². The van der Waals surface area contributed by atoms with Crippen molar-refractivity contribution in [1.82, 2.24) is 0 Å². The average molecular weight is 354 g/mol. The molecule has 0 bridgehead atoms. The maximum absolute atomic E-state index is 6.11. The first kappa shape index (κ1) is 16.6. The second-order valence-corrected chi connectivity index (χ2v) is 11.4. The van der Waals surface area contributed by atoms with Crippen molar-refractivity contribution in [2.75, 3.05) is 11.0 Å². The normalized spacial score (nSPS) is 13.6. The van der Waals surface area contributed by atoms with Gasteiger partial charge >= 0.3 is 0 Å². The molecule has 0 N–H and O–H groups in total. The zero-order valence-electron chi connectivity index (χ0n) is 11.5. The Morgan fingerprint density at radius 1 is 1.12 bits per heavy atom. The van der Waals surface area contributed by atoms with E-state index in [-0.39, 0.29) is 0 Å². The fourth-order valence-electron chi connectivity index (χ4n) is 1.09. The smallest absolute Gasteiger partial charge is 0.191 e. The molecular formula is C13H27IOSi. The van der Waals surface area contributed by atoms with Crippen LogP contribution in [0.3, 0.4) is 0 Å². The quantitative estimate of drug-likeness (QED) is 0.201. The van der Waals surface area contributed by atoms with Gasteiger partial charge in [-0.3, -0.25) is 0 Å². The molecular weight excluding hydrogens is 327 g/mol. The summed E-state index contributed by atoms with van der Waals surface area (Å²) in [5, 5.41) is 0.341. The lowest BCUT2D eigenvalue weighted by Crippen LogP contribution is -2.40. The largest absolute Gasteiger partial charge is 0.417 e. The van der Waals surface area contributed by atoms with Gasteiger partial charge in [0.25, 0.3) is 0 Å². The van der Waals surface area contributed by atoms with Gasteiger partial charge in [-0.05, 0) is 37.4 Å². The van der Waals surface area contributed by atoms with Gasteiger partial charge in [0, 0.05) is 11.0 Å². The van der Waals surface area contributed by atoms with E-state index in [1.165, 1.54) is 19.3 Å². The van der Waals surface area contributed by atoms with Crippen LogP contribution >= 0.6 is 22.6 Å². The van der Waals surface area contributed by atoms with Crippen LogP contribution in [0.5, 0.6) is 0 Å². The molecule has 0 radical (unpaired) electrons. The van der Waals surface area contributed by atoms with E-state index in [4.69, 9.17) is 4.43 Å². The molecule has 0 aromatic rings. The van der Waals surface area contributed by atoms with Crippen LogP contribution in [-0.2, 0) is 4.43 Å². The third kappa shape index (κ3) is 7.07. The van der Waals surface area contributed by atoms with Crippen molar-refractivity contribution in [2.45, 2.75) is 58.2 Å². The number of allylic oxidation sites excluding steroid dienone is 2. The van der Waals surface area contributed by atoms with Crippen molar-refractivity contribution in [3.63, 3.8) is 0 Å². The van der Waals surface area contributed by atoms with Crippen molar-refractivity contribution < 1.29 is 4.43 Å². The van der Waals surface area contributed by atoms with Crippen molar-refractivity contribution in [2.24, 2.45) is 0 Å². The predicted octanol–water partition coefficient (Wildman–Crippen LogP) is 5.17. The van der Waals surface area contributed by atoms with Gasteiger partial charge in [0.2, 0.25) is 0 Å². The van der Waals surface area contributed by atoms with E-state index >= 15 is 0 Å². The Labute approximate surface area is 116 Å². The number of rotatable bonds is 7. The average Bonchev–Trinajstić information content (AvgIpc) is 2.14. The van der Waals surface area contributed by atoms with E-state index in [0.717, 1.165) is 11.0 Å². The molecule has 0 saturated carbocycles. The van der Waals surface area contributed by atoms with Gasteiger partial charge in [-0.25, -0.2) is 0 Å². The molecule has 1 nitrogen and oxygen atoms in total. The minimum absolute atomic E-state index is 0.341. The predicted molar refractivity (Wildman–Crippen MR) is 85.0 cm³/mol. The standard InChI is InChI=1S/C13H27IOSi/c1-13(2,3)16(4,5)15-12-10-8-6-7-9-11-14/h7,9H,6,8,10-12H2,1-5H3/b9-7+. The van der Waals surface area contributed by atoms with Crippen LogP contribution < -0.4 is 0 Å². The lowest BCUT2D eigenvalue weighted by Gasteiger charge is -2.36. The summed E-state index contributed by atoms with van der Waals surface area (Å²) in [7, 11) is -1.50. The molecule has 0 atom stereocenters. The Hall–Kier alpha value is 0.647. The Balaban J connectivity index is 3.63. The van der Waals surface area contributed by atoms with Crippen LogP contribution in [-0.4, -0.2) is 19.4 Å². The minimum Gasteiger partial charge on any atom is -0.417 e. The third-order valence-corrected chi connectivity index (χ3v) is 8.34. The zero-order chi connectivity index (χ0) is 12.7. The number of hydrogen-bond donors (Lipinski definition) is 0. The molecule has 0 rings (SSSR count). The zero-order valence-corrected chi connectivity index (χ0v) is 14.6. The van der Waals surface area contributed by atoms with Gasteiger partial charge < -0.3 is 4.43 Å². The molecule has 0 aromatic heterocycles. The van der Waals surface area contributed by atoms with E-state index in [1.54, 1.807) is 0 Å². The highest BCUT2D eigenvalue weighted by Gasteiger charge is 2.36. The molecule has 0 fully saturated rings. The van der Waals surface area contributed by atoms with E-state index < -0.39 is 8.32 Å². The fourth-order valence-corrected chi connectivity index (χ4v) is 2.54. The molecule has 0 aliphatic carbocycles. The molecule has 16 heavy (non-hydrogen) atoms. The number of hydrogen-bond acceptors (Lipinski definition) is 1. The molecule has 0 aliphatic heterocycles. The molecule has 0 heterocycles. The summed E-state index contributed by atoms with van der Waals surface area (Å²) in [6.45, 7) is 12.5. The minimum atomic E-state index is -1.50. The first-order chi connectivity index (χ1) is 7.31. The van der Waals surface area contributed by atoms with Gasteiger partial charge in [0.05, 0.1) is 0 Å². The summed E-state index contributed by atoms with van der Waals surface area (Å²) in [5.41, 5.74) is 0. The van der Waals surface area contributed by atoms with Crippen molar-refractivity contribution >= 4 is 30.9 Å². The second-order valence-electron chi connectivity index (χ2n) is 5.73. The lowest BCUT2D eigenvalue weighted by atomic mass is 10.2. The van der Waals surface area contributed by atoms with E-state index in [2.05, 4.69) is 68.6 Å². The molecule has 0 unspecified atom stereocenters. The number of halogens is 1. The first-order valence-electron chi connectivity index (χ1n) is 6.16. The molecule has 0 aliphatic rings. The Morgan fingerprint density at radius 3 is 2.25 bits per heavy atom. The summed E-state index contributed by atoms with van der Waals surface area (Å²) in [5.74, 6) is 0. The maximum Gasteiger partial charge on any atom is 0.191 e. The van der Waals surface area contributed by atoms with Gasteiger partial charge in [-0.1, -0.05) is 55.5 Å². The maximum atomic E-state index is 6.11. The highest BCUT2D eigenvalue weighted by atomic mass is 127. The Kier molecular flexibility index (Phi) is 8.19. The Bertz CT molecular complexity index is 206. The van der Waals surface area contributed by atoms with Crippen LogP contribution in [0.4, 0.5) is 0 Å². The van der Waals surface area contributed by atoms with Gasteiger partial charge in [-0.2, -0.15) is 0 Å². The third-order valence-electron chi connectivity index (χ3n) is 3.29. The molecule has 0 amide bonds. The monoisotopic (exact) mass is 354 g/mol. The van der Waals surface area contributed by atoms with Crippen LogP contribution in [0.1, 0.15) is 40.0 Å². The molecule has 0 spiro atoms.